The molecule has 0 radical (unpaired) electrons. The fourth-order valence-electron chi connectivity index (χ4n) is 3.45. The van der Waals surface area contributed by atoms with Crippen LogP contribution in [0.2, 0.25) is 0 Å². The van der Waals surface area contributed by atoms with Gasteiger partial charge in [-0.15, -0.1) is 0 Å². The van der Waals surface area contributed by atoms with Gasteiger partial charge in [-0.2, -0.15) is 0 Å². The highest BCUT2D eigenvalue weighted by Crippen LogP contribution is 2.36. The highest BCUT2D eigenvalue weighted by molar-refractivity contribution is 6.04. The third-order valence-corrected chi connectivity index (χ3v) is 5.28. The Morgan fingerprint density at radius 2 is 1.94 bits per heavy atom. The molecule has 2 aromatic carbocycles. The number of rotatable bonds is 9. The number of amides is 2. The zero-order valence-corrected chi connectivity index (χ0v) is 18.4. The van der Waals surface area contributed by atoms with Crippen LogP contribution in [0.25, 0.3) is 0 Å². The third kappa shape index (κ3) is 5.65. The Balaban J connectivity index is 1.64. The molecule has 1 aliphatic heterocycles. The lowest BCUT2D eigenvalue weighted by molar-refractivity contribution is -0.384. The molecule has 10 nitrogen and oxygen atoms in total. The number of non-ortho nitro benzene ring substituents is 1. The number of hydrogen-bond donors (Lipinski definition) is 1. The summed E-state index contributed by atoms with van der Waals surface area (Å²) in [5.41, 5.74) is 1.09. The number of carbonyl (C=O) groups excluding carboxylic acids is 3. The number of nitro benzene ring substituents is 1. The molecule has 1 N–H and O–H groups in total. The van der Waals surface area contributed by atoms with E-state index in [2.05, 4.69) is 5.32 Å². The highest BCUT2D eigenvalue weighted by atomic mass is 16.6. The average molecular weight is 455 g/mol. The Kier molecular flexibility index (Phi) is 7.60. The summed E-state index contributed by atoms with van der Waals surface area (Å²) in [4.78, 5) is 49.1. The van der Waals surface area contributed by atoms with E-state index in [1.807, 2.05) is 6.92 Å². The number of nitro groups is 1. The molecular formula is C23H25N3O7. The van der Waals surface area contributed by atoms with Crippen molar-refractivity contribution >= 4 is 34.8 Å². The van der Waals surface area contributed by atoms with Crippen molar-refractivity contribution in [1.82, 2.24) is 0 Å². The summed E-state index contributed by atoms with van der Waals surface area (Å²) in [5.74, 6) is -1.48. The normalized spacial score (nSPS) is 15.3. The summed E-state index contributed by atoms with van der Waals surface area (Å²) in [6.45, 7) is 2.48. The van der Waals surface area contributed by atoms with E-state index in [0.717, 1.165) is 12.8 Å². The maximum atomic E-state index is 12.7. The van der Waals surface area contributed by atoms with E-state index < -0.39 is 16.8 Å². The van der Waals surface area contributed by atoms with Gasteiger partial charge in [0.15, 0.2) is 0 Å². The van der Waals surface area contributed by atoms with Gasteiger partial charge in [0.2, 0.25) is 11.8 Å². The lowest BCUT2D eigenvalue weighted by Gasteiger charge is -2.19. The van der Waals surface area contributed by atoms with Gasteiger partial charge in [0.05, 0.1) is 41.9 Å². The van der Waals surface area contributed by atoms with E-state index in [-0.39, 0.29) is 36.2 Å². The van der Waals surface area contributed by atoms with Crippen LogP contribution in [-0.4, -0.2) is 43.0 Å². The Hall–Kier alpha value is -3.95. The van der Waals surface area contributed by atoms with Crippen LogP contribution >= 0.6 is 0 Å². The molecule has 0 aliphatic carbocycles. The molecule has 1 saturated heterocycles. The quantitative estimate of drug-likeness (QED) is 0.265. The molecule has 3 rings (SSSR count). The molecule has 2 amide bonds. The van der Waals surface area contributed by atoms with Crippen molar-refractivity contribution in [3.63, 3.8) is 0 Å². The average Bonchev–Trinajstić information content (AvgIpc) is 3.20. The van der Waals surface area contributed by atoms with Crippen molar-refractivity contribution in [3.8, 4) is 5.75 Å². The van der Waals surface area contributed by atoms with Crippen molar-refractivity contribution in [3.05, 3.63) is 58.1 Å². The molecule has 1 aliphatic rings. The zero-order chi connectivity index (χ0) is 24.0. The fourth-order valence-corrected chi connectivity index (χ4v) is 3.45. The first-order valence-corrected chi connectivity index (χ1v) is 10.5. The van der Waals surface area contributed by atoms with Crippen LogP contribution in [0.1, 0.15) is 36.5 Å². The van der Waals surface area contributed by atoms with E-state index in [4.69, 9.17) is 9.47 Å². The second-order valence-electron chi connectivity index (χ2n) is 7.57. The Morgan fingerprint density at radius 1 is 1.21 bits per heavy atom. The number of benzene rings is 2. The van der Waals surface area contributed by atoms with E-state index in [0.29, 0.717) is 23.5 Å². The number of carbonyl (C=O) groups is 3. The van der Waals surface area contributed by atoms with Crippen molar-refractivity contribution < 1.29 is 28.8 Å². The molecule has 0 spiro atoms. The van der Waals surface area contributed by atoms with Crippen LogP contribution < -0.4 is 15.0 Å². The van der Waals surface area contributed by atoms with Crippen LogP contribution in [0.4, 0.5) is 17.1 Å². The van der Waals surface area contributed by atoms with E-state index in [9.17, 15) is 24.5 Å². The summed E-state index contributed by atoms with van der Waals surface area (Å²) in [7, 11) is 1.36. The number of nitrogens with zero attached hydrogens (tertiary/aromatic N) is 2. The van der Waals surface area contributed by atoms with Gasteiger partial charge in [0.1, 0.15) is 5.75 Å². The minimum absolute atomic E-state index is 0.00614. The van der Waals surface area contributed by atoms with Gasteiger partial charge in [-0.25, -0.2) is 4.79 Å². The van der Waals surface area contributed by atoms with Crippen molar-refractivity contribution in [2.45, 2.75) is 26.2 Å². The smallest absolute Gasteiger partial charge is 0.338 e. The minimum atomic E-state index is -0.615. The second-order valence-corrected chi connectivity index (χ2v) is 7.57. The molecule has 0 aromatic heterocycles. The SMILES string of the molecule is CCCCOC(=O)c1ccc(NC(=O)[C@H]2CC(=O)N(c3ccc([N+](=O)[O-])cc3OC)C2)cc1. The molecule has 0 saturated carbocycles. The molecule has 1 heterocycles. The number of ether oxygens (including phenoxy) is 2. The van der Waals surface area contributed by atoms with Crippen LogP contribution in [0.5, 0.6) is 5.75 Å². The van der Waals surface area contributed by atoms with Crippen LogP contribution in [0.15, 0.2) is 42.5 Å². The first kappa shape index (κ1) is 23.7. The summed E-state index contributed by atoms with van der Waals surface area (Å²) in [5, 5.41) is 13.7. The van der Waals surface area contributed by atoms with Gasteiger partial charge >= 0.3 is 5.97 Å². The van der Waals surface area contributed by atoms with Crippen LogP contribution in [-0.2, 0) is 14.3 Å². The Morgan fingerprint density at radius 3 is 2.58 bits per heavy atom. The van der Waals surface area contributed by atoms with Gasteiger partial charge in [0.25, 0.3) is 5.69 Å². The minimum Gasteiger partial charge on any atom is -0.494 e. The van der Waals surface area contributed by atoms with Crippen LogP contribution in [0.3, 0.4) is 0 Å². The second kappa shape index (κ2) is 10.6. The number of anilines is 2. The Labute approximate surface area is 190 Å². The highest BCUT2D eigenvalue weighted by Gasteiger charge is 2.36. The molecule has 174 valence electrons. The number of methoxy groups -OCH3 is 1. The van der Waals surface area contributed by atoms with Crippen molar-refractivity contribution in [2.75, 3.05) is 30.5 Å². The monoisotopic (exact) mass is 455 g/mol. The first-order valence-electron chi connectivity index (χ1n) is 10.5. The van der Waals surface area contributed by atoms with Gasteiger partial charge < -0.3 is 19.7 Å². The van der Waals surface area contributed by atoms with Gasteiger partial charge in [-0.1, -0.05) is 13.3 Å². The number of hydrogen-bond acceptors (Lipinski definition) is 7. The van der Waals surface area contributed by atoms with E-state index in [1.54, 1.807) is 24.3 Å². The lowest BCUT2D eigenvalue weighted by Crippen LogP contribution is -2.28. The largest absolute Gasteiger partial charge is 0.494 e. The van der Waals surface area contributed by atoms with Gasteiger partial charge in [0, 0.05) is 24.7 Å². The topological polar surface area (TPSA) is 128 Å². The summed E-state index contributed by atoms with van der Waals surface area (Å²) in [6.07, 6.45) is 1.72. The van der Waals surface area contributed by atoms with Crippen molar-refractivity contribution in [1.29, 1.82) is 0 Å². The number of esters is 1. The molecule has 33 heavy (non-hydrogen) atoms. The first-order chi connectivity index (χ1) is 15.8. The van der Waals surface area contributed by atoms with Crippen LogP contribution in [0, 0.1) is 16.0 Å². The van der Waals surface area contributed by atoms with Gasteiger partial charge in [-0.3, -0.25) is 19.7 Å². The fraction of sp³-hybridized carbons (Fsp3) is 0.348. The number of unbranched alkanes of at least 4 members (excludes halogenated alkanes) is 1. The molecule has 10 heteroatoms. The van der Waals surface area contributed by atoms with E-state index >= 15 is 0 Å². The molecule has 2 aromatic rings. The molecule has 1 fully saturated rings. The summed E-state index contributed by atoms with van der Waals surface area (Å²) in [6, 6.07) is 10.3. The summed E-state index contributed by atoms with van der Waals surface area (Å²) < 4.78 is 10.4. The lowest BCUT2D eigenvalue weighted by atomic mass is 10.1. The maximum absolute atomic E-state index is 12.7. The van der Waals surface area contributed by atoms with E-state index in [1.165, 1.54) is 30.2 Å². The molecular weight excluding hydrogens is 430 g/mol. The van der Waals surface area contributed by atoms with Crippen molar-refractivity contribution in [2.24, 2.45) is 5.92 Å². The molecule has 1 atom stereocenters. The maximum Gasteiger partial charge on any atom is 0.338 e. The zero-order valence-electron chi connectivity index (χ0n) is 18.4. The summed E-state index contributed by atoms with van der Waals surface area (Å²) >= 11 is 0. The predicted octanol–water partition coefficient (Wildman–Crippen LogP) is 3.55. The molecule has 0 unspecified atom stereocenters. The number of nitrogens with one attached hydrogen (secondary N) is 1. The standard InChI is InChI=1S/C23H25N3O7/c1-3-4-11-33-23(29)15-5-7-17(8-6-15)24-22(28)16-12-21(27)25(14-16)19-10-9-18(26(30)31)13-20(19)32-2/h5-10,13,16H,3-4,11-12,14H2,1-2H3,(H,24,28)/t16-/m0/s1. The third-order valence-electron chi connectivity index (χ3n) is 5.28. The van der Waals surface area contributed by atoms with Gasteiger partial charge in [-0.05, 0) is 36.8 Å². The predicted molar refractivity (Wildman–Crippen MR) is 120 cm³/mol. The Bertz CT molecular complexity index is 1050. The molecule has 0 bridgehead atoms.